The van der Waals surface area contributed by atoms with E-state index >= 15 is 4.39 Å². The van der Waals surface area contributed by atoms with Crippen LogP contribution in [-0.4, -0.2) is 30.3 Å². The molecule has 1 aliphatic rings. The number of anilines is 1. The number of carbonyl (C=O) groups excluding carboxylic acids is 3. The maximum atomic E-state index is 15.0. The van der Waals surface area contributed by atoms with Gasteiger partial charge < -0.3 is 15.1 Å². The van der Waals surface area contributed by atoms with Gasteiger partial charge in [0.05, 0.1) is 12.8 Å². The molecule has 0 bridgehead atoms. The van der Waals surface area contributed by atoms with E-state index in [1.807, 2.05) is 0 Å². The van der Waals surface area contributed by atoms with Crippen molar-refractivity contribution < 1.29 is 27.6 Å². The highest BCUT2D eigenvalue weighted by Gasteiger charge is 2.36. The van der Waals surface area contributed by atoms with E-state index in [1.54, 1.807) is 13.0 Å². The van der Waals surface area contributed by atoms with Crippen molar-refractivity contribution in [1.82, 2.24) is 10.6 Å². The number of amides is 3. The molecule has 1 aliphatic carbocycles. The van der Waals surface area contributed by atoms with Gasteiger partial charge in [0.15, 0.2) is 5.76 Å². The Morgan fingerprint density at radius 3 is 2.44 bits per heavy atom. The quantitative estimate of drug-likeness (QED) is 0.484. The standard InChI is InChI=1S/C27H27F2N3O4/c1-17-12-13-19(15-22(17)29)32(24(33)16-30-26(34)23-11-6-14-36-23)25(20-9-4-5-10-21(20)28)27(35)31-18-7-2-3-8-18/h4-6,9-15,18,25H,2-3,7-8,16H2,1H3,(H,30,34)(H,31,35)/t25-/m1/s1. The molecule has 36 heavy (non-hydrogen) atoms. The van der Waals surface area contributed by atoms with Gasteiger partial charge in [-0.15, -0.1) is 0 Å². The van der Waals surface area contributed by atoms with Crippen LogP contribution in [0.15, 0.2) is 65.3 Å². The Morgan fingerprint density at radius 2 is 1.78 bits per heavy atom. The second kappa shape index (κ2) is 11.2. The molecule has 1 atom stereocenters. The predicted molar refractivity (Wildman–Crippen MR) is 129 cm³/mol. The molecule has 1 saturated carbocycles. The van der Waals surface area contributed by atoms with E-state index in [2.05, 4.69) is 10.6 Å². The molecular formula is C27H27F2N3O4. The summed E-state index contributed by atoms with van der Waals surface area (Å²) in [5, 5.41) is 5.38. The van der Waals surface area contributed by atoms with Crippen LogP contribution >= 0.6 is 0 Å². The lowest BCUT2D eigenvalue weighted by Gasteiger charge is -2.32. The monoisotopic (exact) mass is 495 g/mol. The van der Waals surface area contributed by atoms with E-state index in [1.165, 1.54) is 48.7 Å². The van der Waals surface area contributed by atoms with Gasteiger partial charge in [-0.25, -0.2) is 8.78 Å². The van der Waals surface area contributed by atoms with Crippen LogP contribution in [-0.2, 0) is 9.59 Å². The average molecular weight is 496 g/mol. The van der Waals surface area contributed by atoms with Crippen molar-refractivity contribution in [1.29, 1.82) is 0 Å². The predicted octanol–water partition coefficient (Wildman–Crippen LogP) is 4.43. The normalized spacial score (nSPS) is 14.3. The number of carbonyl (C=O) groups is 3. The second-order valence-corrected chi connectivity index (χ2v) is 8.77. The molecule has 0 aliphatic heterocycles. The third-order valence-electron chi connectivity index (χ3n) is 6.26. The van der Waals surface area contributed by atoms with Crippen LogP contribution in [0.25, 0.3) is 0 Å². The summed E-state index contributed by atoms with van der Waals surface area (Å²) in [6, 6.07) is 11.2. The molecule has 2 N–H and O–H groups in total. The SMILES string of the molecule is Cc1ccc(N(C(=O)CNC(=O)c2ccco2)[C@@H](C(=O)NC2CCCC2)c2ccccc2F)cc1F. The van der Waals surface area contributed by atoms with E-state index < -0.39 is 41.9 Å². The van der Waals surface area contributed by atoms with Crippen LogP contribution in [0.5, 0.6) is 0 Å². The molecule has 3 aromatic rings. The average Bonchev–Trinajstić information content (AvgIpc) is 3.58. The maximum Gasteiger partial charge on any atom is 0.287 e. The summed E-state index contributed by atoms with van der Waals surface area (Å²) in [6.07, 6.45) is 4.80. The van der Waals surface area contributed by atoms with E-state index in [0.29, 0.717) is 5.56 Å². The lowest BCUT2D eigenvalue weighted by molar-refractivity contribution is -0.126. The Bertz CT molecular complexity index is 1240. The van der Waals surface area contributed by atoms with Crippen LogP contribution in [0.4, 0.5) is 14.5 Å². The summed E-state index contributed by atoms with van der Waals surface area (Å²) in [4.78, 5) is 40.5. The zero-order chi connectivity index (χ0) is 25.7. The summed E-state index contributed by atoms with van der Waals surface area (Å²) in [5.74, 6) is -3.23. The molecule has 0 saturated heterocycles. The molecule has 3 amide bonds. The Morgan fingerprint density at radius 1 is 1.03 bits per heavy atom. The van der Waals surface area contributed by atoms with Crippen molar-refractivity contribution in [2.45, 2.75) is 44.7 Å². The highest BCUT2D eigenvalue weighted by Crippen LogP contribution is 2.31. The lowest BCUT2D eigenvalue weighted by Crippen LogP contribution is -2.49. The Kier molecular flexibility index (Phi) is 7.77. The van der Waals surface area contributed by atoms with Crippen molar-refractivity contribution in [2.24, 2.45) is 0 Å². The first-order valence-electron chi connectivity index (χ1n) is 11.8. The number of nitrogens with zero attached hydrogens (tertiary/aromatic N) is 1. The molecular weight excluding hydrogens is 468 g/mol. The largest absolute Gasteiger partial charge is 0.459 e. The molecule has 188 valence electrons. The van der Waals surface area contributed by atoms with Crippen LogP contribution in [0.3, 0.4) is 0 Å². The van der Waals surface area contributed by atoms with Gasteiger partial charge in [0.25, 0.3) is 5.91 Å². The number of aryl methyl sites for hydroxylation is 1. The number of benzene rings is 2. The smallest absolute Gasteiger partial charge is 0.287 e. The van der Waals surface area contributed by atoms with Crippen molar-refractivity contribution >= 4 is 23.4 Å². The summed E-state index contributed by atoms with van der Waals surface area (Å²) in [7, 11) is 0. The van der Waals surface area contributed by atoms with E-state index in [0.717, 1.165) is 36.6 Å². The molecule has 1 aromatic heterocycles. The summed E-state index contributed by atoms with van der Waals surface area (Å²) in [5.41, 5.74) is 0.361. The van der Waals surface area contributed by atoms with Gasteiger partial charge >= 0.3 is 0 Å². The molecule has 1 heterocycles. The van der Waals surface area contributed by atoms with Crippen molar-refractivity contribution in [3.8, 4) is 0 Å². The van der Waals surface area contributed by atoms with Crippen LogP contribution in [0.1, 0.15) is 53.4 Å². The third kappa shape index (κ3) is 5.62. The molecule has 1 fully saturated rings. The highest BCUT2D eigenvalue weighted by molar-refractivity contribution is 6.04. The first-order valence-corrected chi connectivity index (χ1v) is 11.8. The molecule has 2 aromatic carbocycles. The summed E-state index contributed by atoms with van der Waals surface area (Å²) in [6.45, 7) is 1.03. The Hall–Kier alpha value is -4.01. The molecule has 0 unspecified atom stereocenters. The topological polar surface area (TPSA) is 91.7 Å². The van der Waals surface area contributed by atoms with Crippen molar-refractivity contribution in [3.63, 3.8) is 0 Å². The first-order chi connectivity index (χ1) is 17.3. The van der Waals surface area contributed by atoms with Gasteiger partial charge in [-0.3, -0.25) is 19.3 Å². The summed E-state index contributed by atoms with van der Waals surface area (Å²) >= 11 is 0. The highest BCUT2D eigenvalue weighted by atomic mass is 19.1. The molecule has 0 radical (unpaired) electrons. The van der Waals surface area contributed by atoms with Gasteiger partial charge in [0, 0.05) is 17.3 Å². The Labute approximate surface area is 207 Å². The third-order valence-corrected chi connectivity index (χ3v) is 6.26. The van der Waals surface area contributed by atoms with E-state index in [4.69, 9.17) is 4.42 Å². The first kappa shape index (κ1) is 25.1. The summed E-state index contributed by atoms with van der Waals surface area (Å²) < 4.78 is 34.7. The number of halogens is 2. The van der Waals surface area contributed by atoms with Gasteiger partial charge in [0.2, 0.25) is 11.8 Å². The van der Waals surface area contributed by atoms with Gasteiger partial charge in [-0.2, -0.15) is 0 Å². The second-order valence-electron chi connectivity index (χ2n) is 8.77. The molecule has 0 spiro atoms. The van der Waals surface area contributed by atoms with Crippen LogP contribution in [0.2, 0.25) is 0 Å². The minimum atomic E-state index is -1.43. The van der Waals surface area contributed by atoms with Gasteiger partial charge in [-0.05, 0) is 55.7 Å². The number of nitrogens with one attached hydrogen (secondary N) is 2. The molecule has 7 nitrogen and oxygen atoms in total. The zero-order valence-electron chi connectivity index (χ0n) is 19.8. The molecule has 4 rings (SSSR count). The van der Waals surface area contributed by atoms with E-state index in [-0.39, 0.29) is 23.1 Å². The minimum Gasteiger partial charge on any atom is -0.459 e. The van der Waals surface area contributed by atoms with Crippen molar-refractivity contribution in [2.75, 3.05) is 11.4 Å². The number of hydrogen-bond acceptors (Lipinski definition) is 4. The molecule has 9 heteroatoms. The number of hydrogen-bond donors (Lipinski definition) is 2. The van der Waals surface area contributed by atoms with E-state index in [9.17, 15) is 18.8 Å². The zero-order valence-corrected chi connectivity index (χ0v) is 19.8. The minimum absolute atomic E-state index is 0.000334. The number of furan rings is 1. The lowest BCUT2D eigenvalue weighted by atomic mass is 10.0. The fourth-order valence-electron chi connectivity index (χ4n) is 4.35. The number of rotatable bonds is 8. The fraction of sp³-hybridized carbons (Fsp3) is 0.296. The van der Waals surface area contributed by atoms with Gasteiger partial charge in [0.1, 0.15) is 17.7 Å². The maximum absolute atomic E-state index is 15.0. The fourth-order valence-corrected chi connectivity index (χ4v) is 4.35. The van der Waals surface area contributed by atoms with Crippen molar-refractivity contribution in [3.05, 3.63) is 89.4 Å². The Balaban J connectivity index is 1.72. The van der Waals surface area contributed by atoms with Gasteiger partial charge in [-0.1, -0.05) is 37.1 Å². The van der Waals surface area contributed by atoms with Crippen LogP contribution in [0, 0.1) is 18.6 Å². The van der Waals surface area contributed by atoms with Crippen LogP contribution < -0.4 is 15.5 Å².